The highest BCUT2D eigenvalue weighted by molar-refractivity contribution is 6.06. The molecule has 0 atom stereocenters. The number of carbonyl (C=O) groups is 1. The van der Waals surface area contributed by atoms with Crippen molar-refractivity contribution in [2.24, 2.45) is 7.05 Å². The number of rotatable bonds is 2. The molecular weight excluding hydrogens is 302 g/mol. The van der Waals surface area contributed by atoms with Gasteiger partial charge in [0.15, 0.2) is 0 Å². The van der Waals surface area contributed by atoms with Gasteiger partial charge in [-0.05, 0) is 24.3 Å². The van der Waals surface area contributed by atoms with Crippen molar-refractivity contribution in [2.45, 2.75) is 0 Å². The van der Waals surface area contributed by atoms with E-state index in [4.69, 9.17) is 0 Å². The Hall–Kier alpha value is -2.89. The molecule has 0 N–H and O–H groups in total. The van der Waals surface area contributed by atoms with Crippen LogP contribution in [-0.4, -0.2) is 51.5 Å². The van der Waals surface area contributed by atoms with E-state index in [9.17, 15) is 4.79 Å². The lowest BCUT2D eigenvalue weighted by molar-refractivity contribution is 0.0748. The Labute approximate surface area is 140 Å². The monoisotopic (exact) mass is 321 g/mol. The molecule has 1 aliphatic rings. The number of aryl methyl sites for hydroxylation is 1. The second-order valence-electron chi connectivity index (χ2n) is 5.99. The summed E-state index contributed by atoms with van der Waals surface area (Å²) in [6.07, 6.45) is 5.48. The van der Waals surface area contributed by atoms with E-state index >= 15 is 0 Å². The summed E-state index contributed by atoms with van der Waals surface area (Å²) in [6.45, 7) is 2.86. The molecule has 6 nitrogen and oxygen atoms in total. The van der Waals surface area contributed by atoms with Crippen LogP contribution in [-0.2, 0) is 7.05 Å². The van der Waals surface area contributed by atoms with Crippen molar-refractivity contribution in [2.75, 3.05) is 31.1 Å². The maximum Gasteiger partial charge on any atom is 0.254 e. The highest BCUT2D eigenvalue weighted by Crippen LogP contribution is 2.22. The van der Waals surface area contributed by atoms with Crippen LogP contribution in [0, 0.1) is 0 Å². The van der Waals surface area contributed by atoms with Gasteiger partial charge < -0.3 is 14.4 Å². The van der Waals surface area contributed by atoms with Crippen LogP contribution in [0.1, 0.15) is 10.4 Å². The summed E-state index contributed by atoms with van der Waals surface area (Å²) in [7, 11) is 2.00. The van der Waals surface area contributed by atoms with Crippen molar-refractivity contribution >= 4 is 22.8 Å². The average Bonchev–Trinajstić information content (AvgIpc) is 3.03. The van der Waals surface area contributed by atoms with Crippen LogP contribution >= 0.6 is 0 Å². The number of fused-ring (bicyclic) bond motifs is 1. The Kier molecular flexibility index (Phi) is 3.65. The fraction of sp³-hybridized carbons (Fsp3) is 0.278. The number of amides is 1. The summed E-state index contributed by atoms with van der Waals surface area (Å²) in [4.78, 5) is 25.5. The topological polar surface area (TPSA) is 54.3 Å². The molecule has 2 aromatic heterocycles. The number of piperazine rings is 1. The molecular formula is C18H19N5O. The average molecular weight is 321 g/mol. The van der Waals surface area contributed by atoms with Gasteiger partial charge in [0, 0.05) is 68.3 Å². The van der Waals surface area contributed by atoms with Gasteiger partial charge in [-0.25, -0.2) is 9.97 Å². The Morgan fingerprint density at radius 1 is 1.00 bits per heavy atom. The summed E-state index contributed by atoms with van der Waals surface area (Å²) >= 11 is 0. The number of anilines is 1. The number of carbonyl (C=O) groups excluding carboxylic acids is 1. The van der Waals surface area contributed by atoms with Gasteiger partial charge in [0.2, 0.25) is 5.95 Å². The first-order valence-electron chi connectivity index (χ1n) is 8.09. The predicted molar refractivity (Wildman–Crippen MR) is 93.1 cm³/mol. The zero-order chi connectivity index (χ0) is 16.5. The second kappa shape index (κ2) is 5.96. The van der Waals surface area contributed by atoms with Crippen molar-refractivity contribution < 1.29 is 4.79 Å². The molecule has 1 amide bonds. The number of benzene rings is 1. The Balaban J connectivity index is 1.52. The number of hydrogen-bond donors (Lipinski definition) is 0. The summed E-state index contributed by atoms with van der Waals surface area (Å²) in [6, 6.07) is 9.72. The van der Waals surface area contributed by atoms with Crippen LogP contribution in [0.2, 0.25) is 0 Å². The van der Waals surface area contributed by atoms with Crippen LogP contribution in [0.5, 0.6) is 0 Å². The van der Waals surface area contributed by atoms with Crippen molar-refractivity contribution in [3.05, 3.63) is 54.5 Å². The minimum atomic E-state index is 0.0976. The zero-order valence-electron chi connectivity index (χ0n) is 13.6. The summed E-state index contributed by atoms with van der Waals surface area (Å²) in [5.74, 6) is 0.829. The molecule has 0 saturated carbocycles. The standard InChI is InChI=1S/C18H19N5O/c1-21-9-6-14-15(4-2-5-16(14)21)17(24)22-10-12-23(13-11-22)18-19-7-3-8-20-18/h2-9H,10-13H2,1H3. The first-order chi connectivity index (χ1) is 11.7. The molecule has 1 saturated heterocycles. The van der Waals surface area contributed by atoms with E-state index in [0.29, 0.717) is 13.1 Å². The molecule has 0 aliphatic carbocycles. The van der Waals surface area contributed by atoms with Gasteiger partial charge in [-0.15, -0.1) is 0 Å². The van der Waals surface area contributed by atoms with Gasteiger partial charge in [-0.3, -0.25) is 4.79 Å². The van der Waals surface area contributed by atoms with Crippen LogP contribution in [0.3, 0.4) is 0 Å². The van der Waals surface area contributed by atoms with Crippen LogP contribution in [0.15, 0.2) is 48.9 Å². The smallest absolute Gasteiger partial charge is 0.254 e. The quantitative estimate of drug-likeness (QED) is 0.724. The van der Waals surface area contributed by atoms with Gasteiger partial charge in [-0.2, -0.15) is 0 Å². The lowest BCUT2D eigenvalue weighted by atomic mass is 10.1. The van der Waals surface area contributed by atoms with E-state index in [1.807, 2.05) is 53.0 Å². The van der Waals surface area contributed by atoms with E-state index < -0.39 is 0 Å². The first-order valence-corrected chi connectivity index (χ1v) is 8.09. The molecule has 0 spiro atoms. The lowest BCUT2D eigenvalue weighted by Gasteiger charge is -2.34. The third-order valence-electron chi connectivity index (χ3n) is 4.56. The van der Waals surface area contributed by atoms with Crippen molar-refractivity contribution in [1.82, 2.24) is 19.4 Å². The minimum Gasteiger partial charge on any atom is -0.351 e. The molecule has 3 aromatic rings. The molecule has 3 heterocycles. The minimum absolute atomic E-state index is 0.0976. The first kappa shape index (κ1) is 14.7. The van der Waals surface area contributed by atoms with E-state index in [2.05, 4.69) is 14.9 Å². The maximum atomic E-state index is 12.9. The van der Waals surface area contributed by atoms with E-state index in [-0.39, 0.29) is 5.91 Å². The highest BCUT2D eigenvalue weighted by atomic mass is 16.2. The third kappa shape index (κ3) is 2.50. The Bertz CT molecular complexity index is 866. The molecule has 122 valence electrons. The number of nitrogens with zero attached hydrogens (tertiary/aromatic N) is 5. The van der Waals surface area contributed by atoms with Gasteiger partial charge in [-0.1, -0.05) is 6.07 Å². The van der Waals surface area contributed by atoms with Crippen LogP contribution < -0.4 is 4.90 Å². The van der Waals surface area contributed by atoms with E-state index in [0.717, 1.165) is 35.5 Å². The lowest BCUT2D eigenvalue weighted by Crippen LogP contribution is -2.49. The molecule has 6 heteroatoms. The molecule has 0 unspecified atom stereocenters. The number of aromatic nitrogens is 3. The molecule has 24 heavy (non-hydrogen) atoms. The largest absolute Gasteiger partial charge is 0.351 e. The summed E-state index contributed by atoms with van der Waals surface area (Å²) in [5.41, 5.74) is 1.86. The fourth-order valence-corrected chi connectivity index (χ4v) is 3.22. The third-order valence-corrected chi connectivity index (χ3v) is 4.56. The maximum absolute atomic E-state index is 12.9. The number of hydrogen-bond acceptors (Lipinski definition) is 4. The SMILES string of the molecule is Cn1ccc2c(C(=O)N3CCN(c4ncccn4)CC3)cccc21. The van der Waals surface area contributed by atoms with Gasteiger partial charge in [0.25, 0.3) is 5.91 Å². The van der Waals surface area contributed by atoms with Crippen molar-refractivity contribution in [1.29, 1.82) is 0 Å². The zero-order valence-corrected chi connectivity index (χ0v) is 13.6. The molecule has 1 aliphatic heterocycles. The van der Waals surface area contributed by atoms with Crippen LogP contribution in [0.4, 0.5) is 5.95 Å². The fourth-order valence-electron chi connectivity index (χ4n) is 3.22. The van der Waals surface area contributed by atoms with E-state index in [1.54, 1.807) is 12.4 Å². The Morgan fingerprint density at radius 3 is 2.50 bits per heavy atom. The molecule has 0 bridgehead atoms. The van der Waals surface area contributed by atoms with Gasteiger partial charge >= 0.3 is 0 Å². The van der Waals surface area contributed by atoms with Gasteiger partial charge in [0.05, 0.1) is 0 Å². The molecule has 4 rings (SSSR count). The molecule has 1 fully saturated rings. The Morgan fingerprint density at radius 2 is 1.75 bits per heavy atom. The molecule has 0 radical (unpaired) electrons. The second-order valence-corrected chi connectivity index (χ2v) is 5.99. The summed E-state index contributed by atoms with van der Waals surface area (Å²) in [5, 5.41) is 1.01. The summed E-state index contributed by atoms with van der Waals surface area (Å²) < 4.78 is 2.04. The van der Waals surface area contributed by atoms with Crippen molar-refractivity contribution in [3.8, 4) is 0 Å². The highest BCUT2D eigenvalue weighted by Gasteiger charge is 2.24. The normalized spacial score (nSPS) is 15.0. The van der Waals surface area contributed by atoms with E-state index in [1.165, 1.54) is 0 Å². The van der Waals surface area contributed by atoms with Crippen LogP contribution in [0.25, 0.3) is 10.9 Å². The predicted octanol–water partition coefficient (Wildman–Crippen LogP) is 1.93. The van der Waals surface area contributed by atoms with Crippen molar-refractivity contribution in [3.63, 3.8) is 0 Å². The molecule has 1 aromatic carbocycles. The van der Waals surface area contributed by atoms with Gasteiger partial charge in [0.1, 0.15) is 0 Å².